The number of aromatic nitrogens is 4. The molecule has 0 radical (unpaired) electrons. The van der Waals surface area contributed by atoms with Gasteiger partial charge in [-0.05, 0) is 20.8 Å². The molecule has 0 aliphatic rings. The zero-order chi connectivity index (χ0) is 13.7. The van der Waals surface area contributed by atoms with Crippen molar-refractivity contribution in [1.29, 1.82) is 0 Å². The summed E-state index contributed by atoms with van der Waals surface area (Å²) in [6, 6.07) is 0. The summed E-state index contributed by atoms with van der Waals surface area (Å²) < 4.78 is 39.9. The first-order valence-corrected chi connectivity index (χ1v) is 5.47. The maximum Gasteiger partial charge on any atom is 0.435 e. The van der Waals surface area contributed by atoms with E-state index >= 15 is 0 Å². The molecule has 0 saturated heterocycles. The van der Waals surface area contributed by atoms with Crippen molar-refractivity contribution in [2.75, 3.05) is 0 Å². The normalized spacial score (nSPS) is 13.3. The molecule has 18 heavy (non-hydrogen) atoms. The van der Waals surface area contributed by atoms with Crippen molar-refractivity contribution in [2.45, 2.75) is 32.5 Å². The van der Waals surface area contributed by atoms with Gasteiger partial charge in [0.05, 0.1) is 10.9 Å². The summed E-state index contributed by atoms with van der Waals surface area (Å²) >= 11 is 5.73. The van der Waals surface area contributed by atoms with E-state index in [-0.39, 0.29) is 16.2 Å². The van der Waals surface area contributed by atoms with Gasteiger partial charge in [0.1, 0.15) is 11.5 Å². The zero-order valence-corrected chi connectivity index (χ0v) is 10.6. The van der Waals surface area contributed by atoms with Crippen molar-refractivity contribution >= 4 is 22.6 Å². The highest BCUT2D eigenvalue weighted by Crippen LogP contribution is 2.37. The molecular formula is C10H10ClF3N4. The second-order valence-electron chi connectivity index (χ2n) is 4.79. The van der Waals surface area contributed by atoms with Crippen LogP contribution in [0.15, 0.2) is 6.33 Å². The van der Waals surface area contributed by atoms with Crippen molar-refractivity contribution in [1.82, 2.24) is 19.7 Å². The quantitative estimate of drug-likeness (QED) is 0.695. The number of hydrogen-bond donors (Lipinski definition) is 0. The molecule has 0 bridgehead atoms. The molecule has 0 aliphatic heterocycles. The molecular weight excluding hydrogens is 269 g/mol. The Labute approximate surface area is 106 Å². The smallest absolute Gasteiger partial charge is 0.241 e. The molecule has 0 atom stereocenters. The van der Waals surface area contributed by atoms with E-state index in [4.69, 9.17) is 11.6 Å². The predicted molar refractivity (Wildman–Crippen MR) is 60.3 cm³/mol. The lowest BCUT2D eigenvalue weighted by molar-refractivity contribution is -0.140. The lowest BCUT2D eigenvalue weighted by Gasteiger charge is -2.19. The number of nitrogens with zero attached hydrogens (tertiary/aromatic N) is 4. The lowest BCUT2D eigenvalue weighted by atomic mass is 10.1. The predicted octanol–water partition coefficient (Wildman–Crippen LogP) is 3.25. The average molecular weight is 279 g/mol. The number of fused-ring (bicyclic) bond motifs is 1. The molecule has 2 heterocycles. The number of hydrogen-bond acceptors (Lipinski definition) is 3. The molecule has 8 heteroatoms. The summed E-state index contributed by atoms with van der Waals surface area (Å²) in [4.78, 5) is 7.43. The fraction of sp³-hybridized carbons (Fsp3) is 0.500. The molecule has 2 aromatic rings. The third-order valence-electron chi connectivity index (χ3n) is 2.32. The van der Waals surface area contributed by atoms with Gasteiger partial charge in [0.2, 0.25) is 0 Å². The standard InChI is InChI=1S/C10H10ClF3N4/c1-9(2,3)18-8-5(7(11)15-4-16-8)6(17-18)10(12,13)14/h4H,1-3H3. The Morgan fingerprint density at radius 3 is 2.28 bits per heavy atom. The molecule has 98 valence electrons. The molecule has 0 amide bonds. The average Bonchev–Trinajstić information content (AvgIpc) is 2.56. The first-order valence-electron chi connectivity index (χ1n) is 5.09. The highest BCUT2D eigenvalue weighted by atomic mass is 35.5. The minimum Gasteiger partial charge on any atom is -0.241 e. The second kappa shape index (κ2) is 3.81. The van der Waals surface area contributed by atoms with Crippen LogP contribution in [0.5, 0.6) is 0 Å². The van der Waals surface area contributed by atoms with Gasteiger partial charge in [0.15, 0.2) is 11.3 Å². The minimum absolute atomic E-state index is 0.0785. The Hall–Kier alpha value is -1.37. The second-order valence-corrected chi connectivity index (χ2v) is 5.15. The first kappa shape index (κ1) is 13.1. The van der Waals surface area contributed by atoms with Gasteiger partial charge in [-0.3, -0.25) is 0 Å². The van der Waals surface area contributed by atoms with Gasteiger partial charge in [-0.1, -0.05) is 11.6 Å². The SMILES string of the molecule is CC(C)(C)n1nc(C(F)(F)F)c2c(Cl)ncnc21. The molecule has 0 N–H and O–H groups in total. The topological polar surface area (TPSA) is 43.6 Å². The Morgan fingerprint density at radius 2 is 1.78 bits per heavy atom. The van der Waals surface area contributed by atoms with E-state index in [0.29, 0.717) is 0 Å². The Kier molecular flexibility index (Phi) is 2.77. The van der Waals surface area contributed by atoms with Crippen LogP contribution in [0.1, 0.15) is 26.5 Å². The summed E-state index contributed by atoms with van der Waals surface area (Å²) in [5, 5.41) is 3.09. The van der Waals surface area contributed by atoms with Crippen LogP contribution in [0.25, 0.3) is 11.0 Å². The monoisotopic (exact) mass is 278 g/mol. The van der Waals surface area contributed by atoms with Gasteiger partial charge in [-0.2, -0.15) is 18.3 Å². The van der Waals surface area contributed by atoms with Crippen LogP contribution in [-0.4, -0.2) is 19.7 Å². The lowest BCUT2D eigenvalue weighted by Crippen LogP contribution is -2.24. The fourth-order valence-electron chi connectivity index (χ4n) is 1.58. The Morgan fingerprint density at radius 1 is 1.17 bits per heavy atom. The molecule has 0 saturated carbocycles. The van der Waals surface area contributed by atoms with E-state index in [1.54, 1.807) is 20.8 Å². The van der Waals surface area contributed by atoms with Crippen LogP contribution in [-0.2, 0) is 11.7 Å². The van der Waals surface area contributed by atoms with Crippen LogP contribution < -0.4 is 0 Å². The Balaban J connectivity index is 2.89. The summed E-state index contributed by atoms with van der Waals surface area (Å²) in [6.45, 7) is 5.20. The van der Waals surface area contributed by atoms with Crippen molar-refractivity contribution in [3.05, 3.63) is 17.2 Å². The summed E-state index contributed by atoms with van der Waals surface area (Å²) in [5.74, 6) is 0. The summed E-state index contributed by atoms with van der Waals surface area (Å²) in [5.41, 5.74) is -1.62. The van der Waals surface area contributed by atoms with Gasteiger partial charge in [0, 0.05) is 0 Å². The van der Waals surface area contributed by atoms with Gasteiger partial charge < -0.3 is 0 Å². The van der Waals surface area contributed by atoms with E-state index in [0.717, 1.165) is 6.33 Å². The van der Waals surface area contributed by atoms with Gasteiger partial charge in [-0.15, -0.1) is 0 Å². The van der Waals surface area contributed by atoms with Crippen molar-refractivity contribution in [3.63, 3.8) is 0 Å². The van der Waals surface area contributed by atoms with E-state index < -0.39 is 17.4 Å². The van der Waals surface area contributed by atoms with Gasteiger partial charge in [-0.25, -0.2) is 14.6 Å². The molecule has 0 aliphatic carbocycles. The van der Waals surface area contributed by atoms with E-state index in [1.165, 1.54) is 4.68 Å². The van der Waals surface area contributed by atoms with Crippen molar-refractivity contribution in [3.8, 4) is 0 Å². The van der Waals surface area contributed by atoms with Crippen LogP contribution in [0.4, 0.5) is 13.2 Å². The molecule has 0 unspecified atom stereocenters. The largest absolute Gasteiger partial charge is 0.435 e. The van der Waals surface area contributed by atoms with E-state index in [2.05, 4.69) is 15.1 Å². The van der Waals surface area contributed by atoms with Crippen molar-refractivity contribution < 1.29 is 13.2 Å². The maximum atomic E-state index is 12.9. The highest BCUT2D eigenvalue weighted by molar-refractivity contribution is 6.34. The summed E-state index contributed by atoms with van der Waals surface area (Å²) in [7, 11) is 0. The molecule has 0 fully saturated rings. The van der Waals surface area contributed by atoms with Crippen LogP contribution >= 0.6 is 11.6 Å². The fourth-order valence-corrected chi connectivity index (χ4v) is 1.80. The van der Waals surface area contributed by atoms with E-state index in [9.17, 15) is 13.2 Å². The summed E-state index contributed by atoms with van der Waals surface area (Å²) in [6.07, 6.45) is -3.47. The zero-order valence-electron chi connectivity index (χ0n) is 9.88. The molecule has 4 nitrogen and oxygen atoms in total. The molecule has 2 rings (SSSR count). The van der Waals surface area contributed by atoms with Gasteiger partial charge in [0.25, 0.3) is 0 Å². The number of halogens is 4. The van der Waals surface area contributed by atoms with Gasteiger partial charge >= 0.3 is 6.18 Å². The van der Waals surface area contributed by atoms with E-state index in [1.807, 2.05) is 0 Å². The number of rotatable bonds is 0. The maximum absolute atomic E-state index is 12.9. The Bertz CT molecular complexity index is 597. The third kappa shape index (κ3) is 2.03. The van der Waals surface area contributed by atoms with Crippen molar-refractivity contribution in [2.24, 2.45) is 0 Å². The third-order valence-corrected chi connectivity index (χ3v) is 2.61. The molecule has 2 aromatic heterocycles. The van der Waals surface area contributed by atoms with Crippen LogP contribution in [0.2, 0.25) is 5.15 Å². The number of alkyl halides is 3. The molecule has 0 aromatic carbocycles. The highest BCUT2D eigenvalue weighted by Gasteiger charge is 2.39. The minimum atomic E-state index is -4.59. The van der Waals surface area contributed by atoms with Crippen LogP contribution in [0.3, 0.4) is 0 Å². The van der Waals surface area contributed by atoms with Crippen LogP contribution in [0, 0.1) is 0 Å². The molecule has 0 spiro atoms. The first-order chi connectivity index (χ1) is 8.12.